The number of carboxylic acids is 1. The second-order valence-electron chi connectivity index (χ2n) is 8.76. The number of benzene rings is 2. The van der Waals surface area contributed by atoms with E-state index < -0.39 is 5.97 Å². The zero-order valence-electron chi connectivity index (χ0n) is 19.9. The molecule has 0 saturated carbocycles. The summed E-state index contributed by atoms with van der Waals surface area (Å²) in [7, 11) is 0. The Hall–Kier alpha value is -4.53. The molecule has 2 aromatic heterocycles. The summed E-state index contributed by atoms with van der Waals surface area (Å²) in [4.78, 5) is 42.5. The smallest absolute Gasteiger partial charge is 0.336 e. The predicted molar refractivity (Wildman–Crippen MR) is 139 cm³/mol. The zero-order chi connectivity index (χ0) is 25.1. The Balaban J connectivity index is 1.40. The first kappa shape index (κ1) is 23.2. The molecule has 2 aromatic carbocycles. The van der Waals surface area contributed by atoms with Crippen molar-refractivity contribution >= 4 is 40.2 Å². The number of hydrogen-bond donors (Lipinski definition) is 2. The first-order chi connectivity index (χ1) is 17.5. The predicted octanol–water partition coefficient (Wildman–Crippen LogP) is 4.00. The van der Waals surface area contributed by atoms with Crippen molar-refractivity contribution in [1.82, 2.24) is 15.0 Å². The molecule has 5 rings (SSSR count). The quantitative estimate of drug-likeness (QED) is 0.439. The fourth-order valence-electron chi connectivity index (χ4n) is 4.34. The molecule has 0 radical (unpaired) electrons. The van der Waals surface area contributed by atoms with E-state index >= 15 is 0 Å². The average Bonchev–Trinajstić information content (AvgIpc) is 3.15. The Morgan fingerprint density at radius 3 is 2.39 bits per heavy atom. The van der Waals surface area contributed by atoms with E-state index in [-0.39, 0.29) is 11.5 Å². The summed E-state index contributed by atoms with van der Waals surface area (Å²) in [6.45, 7) is 4.88. The number of carbonyl (C=O) groups excluding carboxylic acids is 1. The molecule has 1 aliphatic rings. The van der Waals surface area contributed by atoms with Gasteiger partial charge in [0.25, 0.3) is 5.91 Å². The Morgan fingerprint density at radius 2 is 1.64 bits per heavy atom. The van der Waals surface area contributed by atoms with Crippen molar-refractivity contribution < 1.29 is 14.7 Å². The van der Waals surface area contributed by atoms with Gasteiger partial charge in [0.2, 0.25) is 5.95 Å². The Labute approximate surface area is 208 Å². The molecule has 4 aromatic rings. The number of carbonyl (C=O) groups is 2. The topological polar surface area (TPSA) is 112 Å². The second-order valence-corrected chi connectivity index (χ2v) is 8.76. The number of hydrogen-bond acceptors (Lipinski definition) is 7. The third kappa shape index (κ3) is 4.95. The Kier molecular flexibility index (Phi) is 6.44. The Morgan fingerprint density at radius 1 is 0.917 bits per heavy atom. The SMILES string of the molecule is Cc1ccc(C(=O)Nc2ccc3nc(N4CCCN(c5ncccn5)CC4)cc(C(=O)O)c3c2)cc1. The number of amides is 1. The standard InChI is InChI=1S/C27H26N6O3/c1-18-4-6-19(7-5-18)25(34)30-20-8-9-23-21(16-20)22(26(35)36)17-24(31-23)32-12-3-13-33(15-14-32)27-28-10-2-11-29-27/h2,4-11,16-17H,3,12-15H2,1H3,(H,30,34)(H,35,36). The van der Waals surface area contributed by atoms with Gasteiger partial charge in [0.15, 0.2) is 0 Å². The average molecular weight is 483 g/mol. The molecule has 9 nitrogen and oxygen atoms in total. The van der Waals surface area contributed by atoms with E-state index in [9.17, 15) is 14.7 Å². The normalized spacial score (nSPS) is 13.9. The third-order valence-electron chi connectivity index (χ3n) is 6.25. The molecule has 0 atom stereocenters. The van der Waals surface area contributed by atoms with Crippen molar-refractivity contribution in [3.63, 3.8) is 0 Å². The van der Waals surface area contributed by atoms with Crippen LogP contribution < -0.4 is 15.1 Å². The highest BCUT2D eigenvalue weighted by molar-refractivity contribution is 6.08. The molecule has 1 saturated heterocycles. The number of nitrogens with one attached hydrogen (secondary N) is 1. The van der Waals surface area contributed by atoms with Crippen molar-refractivity contribution in [2.75, 3.05) is 41.3 Å². The lowest BCUT2D eigenvalue weighted by Crippen LogP contribution is -2.32. The van der Waals surface area contributed by atoms with Crippen molar-refractivity contribution in [3.8, 4) is 0 Å². The van der Waals surface area contributed by atoms with Crippen LogP contribution in [0, 0.1) is 6.92 Å². The number of anilines is 3. The number of carboxylic acid groups (broad SMARTS) is 1. The lowest BCUT2D eigenvalue weighted by Gasteiger charge is -2.23. The molecular weight excluding hydrogens is 456 g/mol. The monoisotopic (exact) mass is 482 g/mol. The van der Waals surface area contributed by atoms with Crippen LogP contribution in [0.3, 0.4) is 0 Å². The molecule has 0 spiro atoms. The highest BCUT2D eigenvalue weighted by Crippen LogP contribution is 2.27. The highest BCUT2D eigenvalue weighted by Gasteiger charge is 2.21. The van der Waals surface area contributed by atoms with E-state index in [1.807, 2.05) is 19.1 Å². The lowest BCUT2D eigenvalue weighted by molar-refractivity contribution is 0.0698. The van der Waals surface area contributed by atoms with Crippen LogP contribution in [-0.4, -0.2) is 58.1 Å². The summed E-state index contributed by atoms with van der Waals surface area (Å²) >= 11 is 0. The number of nitrogens with zero attached hydrogens (tertiary/aromatic N) is 5. The van der Waals surface area contributed by atoms with Gasteiger partial charge in [0.05, 0.1) is 11.1 Å². The highest BCUT2D eigenvalue weighted by atomic mass is 16.4. The van der Waals surface area contributed by atoms with Crippen LogP contribution in [0.25, 0.3) is 10.9 Å². The van der Waals surface area contributed by atoms with Gasteiger partial charge in [-0.05, 0) is 55.8 Å². The summed E-state index contributed by atoms with van der Waals surface area (Å²) < 4.78 is 0. The van der Waals surface area contributed by atoms with Crippen molar-refractivity contribution in [3.05, 3.63) is 83.7 Å². The van der Waals surface area contributed by atoms with E-state index in [0.717, 1.165) is 25.1 Å². The third-order valence-corrected chi connectivity index (χ3v) is 6.25. The summed E-state index contributed by atoms with van der Waals surface area (Å²) in [5.74, 6) is 0.0107. The summed E-state index contributed by atoms with van der Waals surface area (Å²) in [6, 6.07) is 15.8. The molecule has 36 heavy (non-hydrogen) atoms. The van der Waals surface area contributed by atoms with Crippen molar-refractivity contribution in [2.24, 2.45) is 0 Å². The van der Waals surface area contributed by atoms with E-state index in [1.54, 1.807) is 54.9 Å². The van der Waals surface area contributed by atoms with Crippen molar-refractivity contribution in [1.29, 1.82) is 0 Å². The molecule has 1 amide bonds. The molecule has 0 unspecified atom stereocenters. The van der Waals surface area contributed by atoms with E-state index in [1.165, 1.54) is 0 Å². The molecule has 0 bridgehead atoms. The van der Waals surface area contributed by atoms with Gasteiger partial charge < -0.3 is 20.2 Å². The van der Waals surface area contributed by atoms with Gasteiger partial charge in [0.1, 0.15) is 5.82 Å². The van der Waals surface area contributed by atoms with Crippen LogP contribution in [0.5, 0.6) is 0 Å². The van der Waals surface area contributed by atoms with E-state index in [0.29, 0.717) is 47.0 Å². The number of aryl methyl sites for hydroxylation is 1. The number of aromatic carboxylic acids is 1. The van der Waals surface area contributed by atoms with E-state index in [4.69, 9.17) is 4.98 Å². The van der Waals surface area contributed by atoms with Gasteiger partial charge in [0, 0.05) is 55.2 Å². The van der Waals surface area contributed by atoms with Gasteiger partial charge in [-0.3, -0.25) is 4.79 Å². The molecular formula is C27H26N6O3. The zero-order valence-corrected chi connectivity index (χ0v) is 19.9. The minimum absolute atomic E-state index is 0.147. The number of rotatable bonds is 5. The largest absolute Gasteiger partial charge is 0.478 e. The van der Waals surface area contributed by atoms with Gasteiger partial charge in [-0.1, -0.05) is 17.7 Å². The van der Waals surface area contributed by atoms with Crippen molar-refractivity contribution in [2.45, 2.75) is 13.3 Å². The van der Waals surface area contributed by atoms with Crippen LogP contribution in [-0.2, 0) is 0 Å². The maximum absolute atomic E-state index is 12.6. The molecule has 3 heterocycles. The molecule has 9 heteroatoms. The Bertz CT molecular complexity index is 1410. The number of pyridine rings is 1. The van der Waals surface area contributed by atoms with Gasteiger partial charge >= 0.3 is 5.97 Å². The van der Waals surface area contributed by atoms with Gasteiger partial charge in [-0.25, -0.2) is 19.7 Å². The lowest BCUT2D eigenvalue weighted by atomic mass is 10.1. The van der Waals surface area contributed by atoms with Crippen LogP contribution >= 0.6 is 0 Å². The van der Waals surface area contributed by atoms with Crippen LogP contribution in [0.2, 0.25) is 0 Å². The maximum Gasteiger partial charge on any atom is 0.336 e. The summed E-state index contributed by atoms with van der Waals surface area (Å²) in [5, 5.41) is 13.3. The maximum atomic E-state index is 12.6. The molecule has 1 fully saturated rings. The molecule has 2 N–H and O–H groups in total. The first-order valence-electron chi connectivity index (χ1n) is 11.8. The summed E-state index contributed by atoms with van der Waals surface area (Å²) in [6.07, 6.45) is 4.32. The van der Waals surface area contributed by atoms with Crippen LogP contribution in [0.15, 0.2) is 67.0 Å². The summed E-state index contributed by atoms with van der Waals surface area (Å²) in [5.41, 5.74) is 2.82. The fraction of sp³-hybridized carbons (Fsp3) is 0.222. The fourth-order valence-corrected chi connectivity index (χ4v) is 4.34. The number of fused-ring (bicyclic) bond motifs is 1. The molecule has 182 valence electrons. The van der Waals surface area contributed by atoms with Crippen LogP contribution in [0.4, 0.5) is 17.5 Å². The van der Waals surface area contributed by atoms with Crippen LogP contribution in [0.1, 0.15) is 32.7 Å². The minimum atomic E-state index is -1.04. The van der Waals surface area contributed by atoms with E-state index in [2.05, 4.69) is 25.1 Å². The minimum Gasteiger partial charge on any atom is -0.478 e. The second kappa shape index (κ2) is 9.99. The molecule has 0 aliphatic carbocycles. The molecule has 1 aliphatic heterocycles. The van der Waals surface area contributed by atoms with Gasteiger partial charge in [-0.15, -0.1) is 0 Å². The number of aromatic nitrogens is 3. The van der Waals surface area contributed by atoms with Gasteiger partial charge in [-0.2, -0.15) is 0 Å². The first-order valence-corrected chi connectivity index (χ1v) is 11.8.